The molecule has 3 rings (SSSR count). The van der Waals surface area contributed by atoms with Crippen molar-refractivity contribution in [1.29, 1.82) is 0 Å². The molecule has 1 aromatic rings. The van der Waals surface area contributed by atoms with E-state index in [4.69, 9.17) is 9.47 Å². The van der Waals surface area contributed by atoms with Crippen LogP contribution in [0.2, 0.25) is 0 Å². The van der Waals surface area contributed by atoms with E-state index in [-0.39, 0.29) is 12.1 Å². The lowest BCUT2D eigenvalue weighted by Crippen LogP contribution is -2.45. The second kappa shape index (κ2) is 11.5. The molecule has 2 aliphatic rings. The van der Waals surface area contributed by atoms with Gasteiger partial charge >= 0.3 is 12.1 Å². The van der Waals surface area contributed by atoms with Crippen molar-refractivity contribution in [2.24, 2.45) is 0 Å². The third kappa shape index (κ3) is 7.70. The molecule has 0 spiro atoms. The Labute approximate surface area is 197 Å². The van der Waals surface area contributed by atoms with Crippen molar-refractivity contribution in [2.45, 2.75) is 71.4 Å². The molecule has 1 atom stereocenters. The van der Waals surface area contributed by atoms with Gasteiger partial charge in [-0.05, 0) is 83.6 Å². The van der Waals surface area contributed by atoms with E-state index >= 15 is 0 Å². The molecular formula is C26H37N3O4. The molecule has 1 aliphatic heterocycles. The van der Waals surface area contributed by atoms with Gasteiger partial charge in [-0.15, -0.1) is 0 Å². The number of anilines is 1. The van der Waals surface area contributed by atoms with Gasteiger partial charge in [-0.25, -0.2) is 14.6 Å². The first-order chi connectivity index (χ1) is 15.7. The zero-order chi connectivity index (χ0) is 23.8. The number of hydrogen-bond acceptors (Lipinski definition) is 6. The summed E-state index contributed by atoms with van der Waals surface area (Å²) in [5.74, 6) is 0.164. The van der Waals surface area contributed by atoms with Gasteiger partial charge in [0.1, 0.15) is 11.4 Å². The van der Waals surface area contributed by atoms with Crippen molar-refractivity contribution in [2.75, 3.05) is 31.1 Å². The number of rotatable bonds is 7. The largest absolute Gasteiger partial charge is 0.463 e. The fraction of sp³-hybridized carbons (Fsp3) is 0.577. The predicted octanol–water partition coefficient (Wildman–Crippen LogP) is 4.97. The molecule has 0 bridgehead atoms. The van der Waals surface area contributed by atoms with Crippen LogP contribution in [0.3, 0.4) is 0 Å². The highest BCUT2D eigenvalue weighted by molar-refractivity contribution is 5.88. The van der Waals surface area contributed by atoms with Crippen molar-refractivity contribution in [3.8, 4) is 0 Å². The standard InChI is InChI=1S/C26H37N3O4/c1-5-32-24(30)14-12-20-11-13-23(27-17-20)29(25(31)33-26(2,3)4)22-15-16-28(19-22)18-21-9-7-6-8-10-21/h9,11-14,17,22H,5-8,10,15-16,18-19H2,1-4H3/t22-/m1/s1. The second-order valence-electron chi connectivity index (χ2n) is 9.67. The van der Waals surface area contributed by atoms with Crippen LogP contribution < -0.4 is 4.90 Å². The number of likely N-dealkylation sites (tertiary alicyclic amines) is 1. The predicted molar refractivity (Wildman–Crippen MR) is 130 cm³/mol. The molecule has 1 saturated heterocycles. The molecule has 2 heterocycles. The molecule has 7 nitrogen and oxygen atoms in total. The van der Waals surface area contributed by atoms with E-state index in [1.807, 2.05) is 26.8 Å². The number of aromatic nitrogens is 1. The zero-order valence-electron chi connectivity index (χ0n) is 20.4. The highest BCUT2D eigenvalue weighted by Gasteiger charge is 2.35. The van der Waals surface area contributed by atoms with E-state index in [0.29, 0.717) is 12.4 Å². The minimum Gasteiger partial charge on any atom is -0.463 e. The van der Waals surface area contributed by atoms with E-state index in [0.717, 1.165) is 31.6 Å². The topological polar surface area (TPSA) is 72.0 Å². The first-order valence-corrected chi connectivity index (χ1v) is 12.0. The van der Waals surface area contributed by atoms with Gasteiger partial charge < -0.3 is 9.47 Å². The van der Waals surface area contributed by atoms with Crippen LogP contribution >= 0.6 is 0 Å². The molecule has 33 heavy (non-hydrogen) atoms. The van der Waals surface area contributed by atoms with Gasteiger partial charge in [0, 0.05) is 31.9 Å². The summed E-state index contributed by atoms with van der Waals surface area (Å²) in [7, 11) is 0. The molecule has 1 aromatic heterocycles. The molecule has 180 valence electrons. The lowest BCUT2D eigenvalue weighted by Gasteiger charge is -2.31. The molecule has 0 N–H and O–H groups in total. The van der Waals surface area contributed by atoms with Crippen LogP contribution in [0.4, 0.5) is 10.6 Å². The number of carbonyl (C=O) groups is 2. The molecule has 0 unspecified atom stereocenters. The number of carbonyl (C=O) groups excluding carboxylic acids is 2. The summed E-state index contributed by atoms with van der Waals surface area (Å²) in [6.45, 7) is 10.4. The van der Waals surface area contributed by atoms with E-state index in [2.05, 4.69) is 16.0 Å². The molecule has 1 fully saturated rings. The summed E-state index contributed by atoms with van der Waals surface area (Å²) in [6, 6.07) is 3.65. The number of ether oxygens (including phenoxy) is 2. The third-order valence-corrected chi connectivity index (χ3v) is 5.73. The molecule has 0 saturated carbocycles. The van der Waals surface area contributed by atoms with Gasteiger partial charge in [0.2, 0.25) is 0 Å². The molecule has 0 radical (unpaired) electrons. The average Bonchev–Trinajstić information content (AvgIpc) is 3.21. The first kappa shape index (κ1) is 25.0. The van der Waals surface area contributed by atoms with Crippen LogP contribution in [0.25, 0.3) is 6.08 Å². The average molecular weight is 456 g/mol. The minimum atomic E-state index is -0.594. The summed E-state index contributed by atoms with van der Waals surface area (Å²) in [5.41, 5.74) is 1.68. The lowest BCUT2D eigenvalue weighted by atomic mass is 9.99. The number of esters is 1. The maximum atomic E-state index is 13.2. The molecule has 0 aromatic carbocycles. The second-order valence-corrected chi connectivity index (χ2v) is 9.67. The van der Waals surface area contributed by atoms with Gasteiger partial charge in [-0.3, -0.25) is 9.80 Å². The van der Waals surface area contributed by atoms with Crippen molar-refractivity contribution < 1.29 is 19.1 Å². The van der Waals surface area contributed by atoms with Crippen LogP contribution in [-0.2, 0) is 14.3 Å². The van der Waals surface area contributed by atoms with Crippen molar-refractivity contribution >= 4 is 24.0 Å². The smallest absolute Gasteiger partial charge is 0.416 e. The third-order valence-electron chi connectivity index (χ3n) is 5.73. The van der Waals surface area contributed by atoms with Crippen LogP contribution in [0.5, 0.6) is 0 Å². The van der Waals surface area contributed by atoms with Gasteiger partial charge in [-0.2, -0.15) is 0 Å². The maximum absolute atomic E-state index is 13.2. The Hall–Kier alpha value is -2.67. The van der Waals surface area contributed by atoms with E-state index in [9.17, 15) is 9.59 Å². The quantitative estimate of drug-likeness (QED) is 0.328. The Bertz CT molecular complexity index is 871. The van der Waals surface area contributed by atoms with Gasteiger partial charge in [0.15, 0.2) is 0 Å². The molecule has 1 amide bonds. The summed E-state index contributed by atoms with van der Waals surface area (Å²) in [6.07, 6.45) is 12.5. The molecular weight excluding hydrogens is 418 g/mol. The van der Waals surface area contributed by atoms with Gasteiger partial charge in [-0.1, -0.05) is 11.6 Å². The molecule has 1 aliphatic carbocycles. The van der Waals surface area contributed by atoms with Crippen LogP contribution in [-0.4, -0.2) is 59.8 Å². The fourth-order valence-electron chi connectivity index (χ4n) is 4.24. The van der Waals surface area contributed by atoms with E-state index in [1.165, 1.54) is 37.3 Å². The number of nitrogens with zero attached hydrogens (tertiary/aromatic N) is 3. The fourth-order valence-corrected chi connectivity index (χ4v) is 4.24. The SMILES string of the molecule is CCOC(=O)C=Cc1ccc(N(C(=O)OC(C)(C)C)[C@@H]2CCN(CC3=CCCCC3)C2)nc1. The Morgan fingerprint density at radius 2 is 2.09 bits per heavy atom. The Kier molecular flexibility index (Phi) is 8.67. The number of amides is 1. The van der Waals surface area contributed by atoms with Crippen LogP contribution in [0.15, 0.2) is 36.1 Å². The number of allylic oxidation sites excluding steroid dienone is 1. The van der Waals surface area contributed by atoms with Crippen LogP contribution in [0, 0.1) is 0 Å². The van der Waals surface area contributed by atoms with E-state index < -0.39 is 11.6 Å². The van der Waals surface area contributed by atoms with Crippen molar-refractivity contribution in [3.63, 3.8) is 0 Å². The van der Waals surface area contributed by atoms with Crippen molar-refractivity contribution in [1.82, 2.24) is 9.88 Å². The Morgan fingerprint density at radius 1 is 1.27 bits per heavy atom. The number of hydrogen-bond donors (Lipinski definition) is 0. The lowest BCUT2D eigenvalue weighted by molar-refractivity contribution is -0.137. The molecule has 7 heteroatoms. The van der Waals surface area contributed by atoms with Crippen molar-refractivity contribution in [3.05, 3.63) is 41.6 Å². The number of pyridine rings is 1. The summed E-state index contributed by atoms with van der Waals surface area (Å²) in [4.78, 5) is 33.4. The monoisotopic (exact) mass is 455 g/mol. The van der Waals surface area contributed by atoms with Crippen LogP contribution in [0.1, 0.15) is 65.4 Å². The maximum Gasteiger partial charge on any atom is 0.416 e. The summed E-state index contributed by atoms with van der Waals surface area (Å²) < 4.78 is 10.6. The normalized spacial score (nSPS) is 19.4. The summed E-state index contributed by atoms with van der Waals surface area (Å²) >= 11 is 0. The van der Waals surface area contributed by atoms with Gasteiger partial charge in [0.25, 0.3) is 0 Å². The summed E-state index contributed by atoms with van der Waals surface area (Å²) in [5, 5.41) is 0. The highest BCUT2D eigenvalue weighted by atomic mass is 16.6. The first-order valence-electron chi connectivity index (χ1n) is 12.0. The van der Waals surface area contributed by atoms with E-state index in [1.54, 1.807) is 30.2 Å². The minimum absolute atomic E-state index is 0.00235. The Morgan fingerprint density at radius 3 is 2.73 bits per heavy atom. The Balaban J connectivity index is 1.74. The highest BCUT2D eigenvalue weighted by Crippen LogP contribution is 2.26. The van der Waals surface area contributed by atoms with Gasteiger partial charge in [0.05, 0.1) is 12.6 Å². The zero-order valence-corrected chi connectivity index (χ0v) is 20.4.